The number of hydrogen-bond donors (Lipinski definition) is 2. The van der Waals surface area contributed by atoms with E-state index >= 15 is 0 Å². The van der Waals surface area contributed by atoms with Crippen molar-refractivity contribution in [3.63, 3.8) is 0 Å². The van der Waals surface area contributed by atoms with Gasteiger partial charge in [0.25, 0.3) is 0 Å². The highest BCUT2D eigenvalue weighted by Crippen LogP contribution is 2.10. The van der Waals surface area contributed by atoms with Crippen molar-refractivity contribution in [3.8, 4) is 5.75 Å². The van der Waals surface area contributed by atoms with Gasteiger partial charge >= 0.3 is 0 Å². The van der Waals surface area contributed by atoms with Crippen LogP contribution in [-0.4, -0.2) is 46.4 Å². The second-order valence-electron chi connectivity index (χ2n) is 4.43. The lowest BCUT2D eigenvalue weighted by Crippen LogP contribution is -2.39. The molecular formula is C15H25N3O2. The Morgan fingerprint density at radius 1 is 1.10 bits per heavy atom. The number of aryl methyl sites for hydroxylation is 1. The van der Waals surface area contributed by atoms with E-state index in [1.165, 1.54) is 5.56 Å². The van der Waals surface area contributed by atoms with Crippen LogP contribution in [0.5, 0.6) is 5.75 Å². The van der Waals surface area contributed by atoms with E-state index in [0.717, 1.165) is 31.3 Å². The largest absolute Gasteiger partial charge is 0.492 e. The highest BCUT2D eigenvalue weighted by Gasteiger charge is 1.97. The molecule has 0 spiro atoms. The van der Waals surface area contributed by atoms with E-state index in [9.17, 15) is 0 Å². The Morgan fingerprint density at radius 3 is 2.45 bits per heavy atom. The fraction of sp³-hybridized carbons (Fsp3) is 0.533. The van der Waals surface area contributed by atoms with Gasteiger partial charge in [-0.15, -0.1) is 0 Å². The molecule has 0 amide bonds. The van der Waals surface area contributed by atoms with Crippen molar-refractivity contribution in [1.82, 2.24) is 10.6 Å². The lowest BCUT2D eigenvalue weighted by molar-refractivity contribution is 0.195. The highest BCUT2D eigenvalue weighted by atomic mass is 16.5. The number of methoxy groups -OCH3 is 1. The number of ether oxygens (including phenoxy) is 2. The van der Waals surface area contributed by atoms with E-state index in [-0.39, 0.29) is 0 Å². The van der Waals surface area contributed by atoms with Gasteiger partial charge in [-0.05, 0) is 25.5 Å². The Bertz CT molecular complexity index is 391. The van der Waals surface area contributed by atoms with Gasteiger partial charge in [0.05, 0.1) is 6.54 Å². The number of nitrogens with zero attached hydrogens (tertiary/aromatic N) is 1. The molecule has 0 atom stereocenters. The molecule has 0 saturated carbocycles. The molecule has 112 valence electrons. The lowest BCUT2D eigenvalue weighted by atomic mass is 10.2. The Labute approximate surface area is 121 Å². The zero-order valence-electron chi connectivity index (χ0n) is 12.6. The molecule has 1 rings (SSSR count). The fourth-order valence-corrected chi connectivity index (χ4v) is 1.62. The third-order valence-electron chi connectivity index (χ3n) is 2.73. The van der Waals surface area contributed by atoms with Crippen LogP contribution in [0.4, 0.5) is 0 Å². The molecule has 5 heteroatoms. The Hall–Kier alpha value is -1.75. The predicted octanol–water partition coefficient (Wildman–Crippen LogP) is 1.58. The van der Waals surface area contributed by atoms with Gasteiger partial charge in [-0.25, -0.2) is 0 Å². The molecule has 0 unspecified atom stereocenters. The molecule has 0 radical (unpaired) electrons. The molecule has 0 bridgehead atoms. The topological polar surface area (TPSA) is 54.9 Å². The second kappa shape index (κ2) is 10.1. The molecule has 0 saturated heterocycles. The van der Waals surface area contributed by atoms with Crippen LogP contribution < -0.4 is 15.4 Å². The van der Waals surface area contributed by atoms with E-state index in [1.54, 1.807) is 14.2 Å². The van der Waals surface area contributed by atoms with Gasteiger partial charge < -0.3 is 20.1 Å². The molecule has 0 aliphatic carbocycles. The molecule has 5 nitrogen and oxygen atoms in total. The summed E-state index contributed by atoms with van der Waals surface area (Å²) in [5.74, 6) is 1.68. The quantitative estimate of drug-likeness (QED) is 0.431. The minimum absolute atomic E-state index is 0.599. The van der Waals surface area contributed by atoms with Crippen molar-refractivity contribution in [2.24, 2.45) is 4.99 Å². The van der Waals surface area contributed by atoms with E-state index in [2.05, 4.69) is 22.5 Å². The Morgan fingerprint density at radius 2 is 1.80 bits per heavy atom. The maximum Gasteiger partial charge on any atom is 0.191 e. The first-order valence-electron chi connectivity index (χ1n) is 6.89. The van der Waals surface area contributed by atoms with Gasteiger partial charge in [0.15, 0.2) is 5.96 Å². The van der Waals surface area contributed by atoms with Crippen LogP contribution in [0.3, 0.4) is 0 Å². The summed E-state index contributed by atoms with van der Waals surface area (Å²) >= 11 is 0. The first-order chi connectivity index (χ1) is 9.76. The zero-order chi connectivity index (χ0) is 14.6. The molecule has 0 heterocycles. The smallest absolute Gasteiger partial charge is 0.191 e. The molecule has 1 aromatic carbocycles. The van der Waals surface area contributed by atoms with Crippen molar-refractivity contribution >= 4 is 5.96 Å². The molecular weight excluding hydrogens is 254 g/mol. The van der Waals surface area contributed by atoms with Crippen LogP contribution in [-0.2, 0) is 4.74 Å². The van der Waals surface area contributed by atoms with Crippen molar-refractivity contribution in [2.75, 3.05) is 40.5 Å². The molecule has 1 aromatic rings. The average molecular weight is 279 g/mol. The van der Waals surface area contributed by atoms with Crippen molar-refractivity contribution in [2.45, 2.75) is 13.3 Å². The minimum atomic E-state index is 0.599. The van der Waals surface area contributed by atoms with Crippen LogP contribution in [0.1, 0.15) is 12.0 Å². The van der Waals surface area contributed by atoms with Crippen LogP contribution in [0.15, 0.2) is 29.3 Å². The van der Waals surface area contributed by atoms with Gasteiger partial charge in [-0.1, -0.05) is 17.7 Å². The van der Waals surface area contributed by atoms with Crippen molar-refractivity contribution in [1.29, 1.82) is 0 Å². The van der Waals surface area contributed by atoms with Crippen LogP contribution >= 0.6 is 0 Å². The summed E-state index contributed by atoms with van der Waals surface area (Å²) in [6.45, 7) is 4.96. The summed E-state index contributed by atoms with van der Waals surface area (Å²) in [6, 6.07) is 8.04. The molecule has 2 N–H and O–H groups in total. The summed E-state index contributed by atoms with van der Waals surface area (Å²) in [5, 5.41) is 6.41. The van der Waals surface area contributed by atoms with Gasteiger partial charge in [0.2, 0.25) is 0 Å². The number of benzene rings is 1. The first kappa shape index (κ1) is 16.3. The lowest BCUT2D eigenvalue weighted by Gasteiger charge is -2.12. The maximum absolute atomic E-state index is 5.63. The van der Waals surface area contributed by atoms with E-state index in [0.29, 0.717) is 13.2 Å². The summed E-state index contributed by atoms with van der Waals surface area (Å²) in [7, 11) is 3.46. The molecule has 0 aliphatic rings. The standard InChI is InChI=1S/C15H25N3O2/c1-13-5-7-14(8-6-13)20-12-10-18-15(16-2)17-9-4-11-19-3/h5-8H,4,9-12H2,1-3H3,(H2,16,17,18). The van der Waals surface area contributed by atoms with Gasteiger partial charge in [0, 0.05) is 27.3 Å². The summed E-state index contributed by atoms with van der Waals surface area (Å²) in [4.78, 5) is 4.14. The normalized spacial score (nSPS) is 11.2. The highest BCUT2D eigenvalue weighted by molar-refractivity contribution is 5.79. The molecule has 0 fully saturated rings. The summed E-state index contributed by atoms with van der Waals surface area (Å²) < 4.78 is 10.6. The first-order valence-corrected chi connectivity index (χ1v) is 6.89. The van der Waals surface area contributed by atoms with Crippen molar-refractivity contribution < 1.29 is 9.47 Å². The summed E-state index contributed by atoms with van der Waals surface area (Å²) in [6.07, 6.45) is 0.955. The van der Waals surface area contributed by atoms with Crippen LogP contribution in [0.2, 0.25) is 0 Å². The number of nitrogens with one attached hydrogen (secondary N) is 2. The molecule has 0 aromatic heterocycles. The van der Waals surface area contributed by atoms with E-state index in [1.807, 2.05) is 24.3 Å². The van der Waals surface area contributed by atoms with E-state index < -0.39 is 0 Å². The summed E-state index contributed by atoms with van der Waals surface area (Å²) in [5.41, 5.74) is 1.23. The molecule has 0 aliphatic heterocycles. The third-order valence-corrected chi connectivity index (χ3v) is 2.73. The predicted molar refractivity (Wildman–Crippen MR) is 82.5 cm³/mol. The number of rotatable bonds is 8. The monoisotopic (exact) mass is 279 g/mol. The van der Waals surface area contributed by atoms with Crippen LogP contribution in [0, 0.1) is 6.92 Å². The molecule has 20 heavy (non-hydrogen) atoms. The number of aliphatic imine (C=N–C) groups is 1. The van der Waals surface area contributed by atoms with Gasteiger partial charge in [-0.2, -0.15) is 0 Å². The fourth-order valence-electron chi connectivity index (χ4n) is 1.62. The number of hydrogen-bond acceptors (Lipinski definition) is 3. The third kappa shape index (κ3) is 6.99. The van der Waals surface area contributed by atoms with E-state index in [4.69, 9.17) is 9.47 Å². The Balaban J connectivity index is 2.13. The average Bonchev–Trinajstić information content (AvgIpc) is 2.47. The second-order valence-corrected chi connectivity index (χ2v) is 4.43. The zero-order valence-corrected chi connectivity index (χ0v) is 12.6. The SMILES string of the molecule is CN=C(NCCCOC)NCCOc1ccc(C)cc1. The van der Waals surface area contributed by atoms with Gasteiger partial charge in [-0.3, -0.25) is 4.99 Å². The number of guanidine groups is 1. The van der Waals surface area contributed by atoms with Crippen molar-refractivity contribution in [3.05, 3.63) is 29.8 Å². The Kier molecular flexibility index (Phi) is 8.22. The maximum atomic E-state index is 5.63. The minimum Gasteiger partial charge on any atom is -0.492 e. The van der Waals surface area contributed by atoms with Gasteiger partial charge in [0.1, 0.15) is 12.4 Å². The van der Waals surface area contributed by atoms with Crippen LogP contribution in [0.25, 0.3) is 0 Å².